The Morgan fingerprint density at radius 2 is 1.96 bits per heavy atom. The number of hydrogen-bond donors (Lipinski definition) is 2. The number of nitrogens with zero attached hydrogens (tertiary/aromatic N) is 2. The van der Waals surface area contributed by atoms with Gasteiger partial charge in [-0.15, -0.1) is 0 Å². The number of nitrogens with one attached hydrogen (secondary N) is 2. The molecule has 0 unspecified atom stereocenters. The number of esters is 1. The monoisotopic (exact) mass is 384 g/mol. The van der Waals surface area contributed by atoms with Crippen LogP contribution in [0.25, 0.3) is 0 Å². The molecule has 0 saturated heterocycles. The van der Waals surface area contributed by atoms with Gasteiger partial charge in [0.05, 0.1) is 24.1 Å². The third-order valence-electron chi connectivity index (χ3n) is 4.65. The van der Waals surface area contributed by atoms with Crippen molar-refractivity contribution < 1.29 is 19.1 Å². The Hall–Kier alpha value is -3.16. The molecule has 0 saturated carbocycles. The minimum atomic E-state index is -0.539. The molecule has 8 heteroatoms. The first-order chi connectivity index (χ1) is 13.6. The van der Waals surface area contributed by atoms with E-state index in [0.29, 0.717) is 25.2 Å². The number of rotatable bonds is 6. The summed E-state index contributed by atoms with van der Waals surface area (Å²) in [5, 5.41) is 5.56. The Labute approximate surface area is 163 Å². The van der Waals surface area contributed by atoms with E-state index in [-0.39, 0.29) is 23.0 Å². The molecule has 0 radical (unpaired) electrons. The quantitative estimate of drug-likeness (QED) is 0.745. The first kappa shape index (κ1) is 19.6. The molecule has 28 heavy (non-hydrogen) atoms. The number of methoxy groups -OCH3 is 1. The number of anilines is 1. The van der Waals surface area contributed by atoms with E-state index in [9.17, 15) is 14.4 Å². The highest BCUT2D eigenvalue weighted by atomic mass is 16.5. The van der Waals surface area contributed by atoms with Crippen molar-refractivity contribution in [2.75, 3.05) is 19.0 Å². The Balaban J connectivity index is 1.92. The Morgan fingerprint density at radius 1 is 1.18 bits per heavy atom. The average molecular weight is 384 g/mol. The number of aromatic nitrogens is 2. The van der Waals surface area contributed by atoms with Crippen LogP contribution in [0.4, 0.5) is 5.69 Å². The summed E-state index contributed by atoms with van der Waals surface area (Å²) in [6, 6.07) is 6.61. The maximum Gasteiger partial charge on any atom is 0.339 e. The van der Waals surface area contributed by atoms with Gasteiger partial charge in [0.2, 0.25) is 0 Å². The van der Waals surface area contributed by atoms with E-state index >= 15 is 0 Å². The van der Waals surface area contributed by atoms with Crippen LogP contribution in [-0.2, 0) is 17.7 Å². The lowest BCUT2D eigenvalue weighted by atomic mass is 10.1. The zero-order valence-corrected chi connectivity index (χ0v) is 16.1. The van der Waals surface area contributed by atoms with Crippen molar-refractivity contribution in [1.29, 1.82) is 0 Å². The summed E-state index contributed by atoms with van der Waals surface area (Å²) in [5.41, 5.74) is 1.57. The number of carbonyl (C=O) groups excluding carboxylic acids is 3. The lowest BCUT2D eigenvalue weighted by Crippen LogP contribution is -2.28. The van der Waals surface area contributed by atoms with E-state index in [4.69, 9.17) is 4.74 Å². The Bertz CT molecular complexity index is 904. The maximum absolute atomic E-state index is 12.9. The number of fused-ring (bicyclic) bond motifs is 1. The van der Waals surface area contributed by atoms with Crippen molar-refractivity contribution in [3.63, 3.8) is 0 Å². The molecular weight excluding hydrogens is 360 g/mol. The molecule has 0 aliphatic carbocycles. The average Bonchev–Trinajstić information content (AvgIpc) is 3.12. The number of hydrogen-bond acceptors (Lipinski definition) is 5. The summed E-state index contributed by atoms with van der Waals surface area (Å²) in [6.45, 7) is 3.18. The fourth-order valence-electron chi connectivity index (χ4n) is 3.28. The zero-order chi connectivity index (χ0) is 20.1. The minimum absolute atomic E-state index is 0.223. The molecular formula is C20H24N4O4. The van der Waals surface area contributed by atoms with Crippen molar-refractivity contribution in [2.24, 2.45) is 0 Å². The molecule has 2 aromatic rings. The smallest absolute Gasteiger partial charge is 0.339 e. The standard InChI is InChI=1S/C20H24N4O4/c1-3-11-21-19(26)17-23-16(15-10-6-7-12-24(15)17)18(25)22-14-9-5-4-8-13(14)20(27)28-2/h4-5,8-9H,3,6-7,10-12H2,1-2H3,(H,21,26)(H,22,25). The van der Waals surface area contributed by atoms with Gasteiger partial charge in [0.1, 0.15) is 0 Å². The van der Waals surface area contributed by atoms with E-state index < -0.39 is 11.9 Å². The number of para-hydroxylation sites is 1. The van der Waals surface area contributed by atoms with Crippen LogP contribution >= 0.6 is 0 Å². The van der Waals surface area contributed by atoms with Crippen LogP contribution in [0.2, 0.25) is 0 Å². The molecule has 148 valence electrons. The normalized spacial score (nSPS) is 12.8. The number of amides is 2. The topological polar surface area (TPSA) is 102 Å². The molecule has 2 heterocycles. The predicted molar refractivity (Wildman–Crippen MR) is 104 cm³/mol. The second-order valence-corrected chi connectivity index (χ2v) is 6.59. The fraction of sp³-hybridized carbons (Fsp3) is 0.400. The van der Waals surface area contributed by atoms with Crippen molar-refractivity contribution in [1.82, 2.24) is 14.9 Å². The number of benzene rings is 1. The third-order valence-corrected chi connectivity index (χ3v) is 4.65. The van der Waals surface area contributed by atoms with Crippen LogP contribution in [0, 0.1) is 0 Å². The molecule has 2 N–H and O–H groups in total. The Morgan fingerprint density at radius 3 is 2.71 bits per heavy atom. The molecule has 1 aliphatic rings. The van der Waals surface area contributed by atoms with Gasteiger partial charge in [-0.3, -0.25) is 9.59 Å². The molecule has 2 amide bonds. The van der Waals surface area contributed by atoms with Crippen LogP contribution in [0.1, 0.15) is 63.3 Å². The molecule has 0 spiro atoms. The largest absolute Gasteiger partial charge is 0.465 e. The second-order valence-electron chi connectivity index (χ2n) is 6.59. The number of imidazole rings is 1. The molecule has 1 aromatic heterocycles. The molecule has 0 fully saturated rings. The van der Waals surface area contributed by atoms with Crippen LogP contribution in [-0.4, -0.2) is 41.0 Å². The summed E-state index contributed by atoms with van der Waals surface area (Å²) < 4.78 is 6.59. The molecule has 1 aliphatic heterocycles. The van der Waals surface area contributed by atoms with Crippen molar-refractivity contribution >= 4 is 23.5 Å². The van der Waals surface area contributed by atoms with Gasteiger partial charge in [0.25, 0.3) is 11.8 Å². The van der Waals surface area contributed by atoms with Crippen LogP contribution in [0.5, 0.6) is 0 Å². The SMILES string of the molecule is CCCNC(=O)c1nc(C(=O)Nc2ccccc2C(=O)OC)c2n1CCCC2. The molecule has 1 aromatic carbocycles. The van der Waals surface area contributed by atoms with E-state index in [1.54, 1.807) is 24.3 Å². The van der Waals surface area contributed by atoms with Gasteiger partial charge in [0.15, 0.2) is 11.5 Å². The highest BCUT2D eigenvalue weighted by molar-refractivity contribution is 6.08. The first-order valence-electron chi connectivity index (χ1n) is 9.43. The van der Waals surface area contributed by atoms with Crippen molar-refractivity contribution in [2.45, 2.75) is 39.2 Å². The van der Waals surface area contributed by atoms with Crippen LogP contribution in [0.15, 0.2) is 24.3 Å². The summed E-state index contributed by atoms with van der Waals surface area (Å²) >= 11 is 0. The van der Waals surface area contributed by atoms with Crippen molar-refractivity contribution in [3.8, 4) is 0 Å². The van der Waals surface area contributed by atoms with Crippen molar-refractivity contribution in [3.05, 3.63) is 47.0 Å². The summed E-state index contributed by atoms with van der Waals surface area (Å²) in [6.07, 6.45) is 3.36. The summed E-state index contributed by atoms with van der Waals surface area (Å²) in [4.78, 5) is 41.7. The lowest BCUT2D eigenvalue weighted by Gasteiger charge is -2.17. The summed E-state index contributed by atoms with van der Waals surface area (Å²) in [5.74, 6) is -1.01. The second kappa shape index (κ2) is 8.69. The van der Waals surface area contributed by atoms with E-state index in [2.05, 4.69) is 15.6 Å². The highest BCUT2D eigenvalue weighted by Gasteiger charge is 2.28. The van der Waals surface area contributed by atoms with Gasteiger partial charge >= 0.3 is 5.97 Å². The Kier molecular flexibility index (Phi) is 6.08. The maximum atomic E-state index is 12.9. The van der Waals surface area contributed by atoms with Gasteiger partial charge in [-0.25, -0.2) is 9.78 Å². The molecule has 3 rings (SSSR count). The lowest BCUT2D eigenvalue weighted by molar-refractivity contribution is 0.0601. The fourth-order valence-corrected chi connectivity index (χ4v) is 3.28. The summed E-state index contributed by atoms with van der Waals surface area (Å²) in [7, 11) is 1.29. The number of ether oxygens (including phenoxy) is 1. The predicted octanol–water partition coefficient (Wildman–Crippen LogP) is 2.40. The van der Waals surface area contributed by atoms with Gasteiger partial charge in [-0.1, -0.05) is 19.1 Å². The highest BCUT2D eigenvalue weighted by Crippen LogP contribution is 2.23. The minimum Gasteiger partial charge on any atom is -0.465 e. The van der Waals surface area contributed by atoms with Crippen LogP contribution in [0.3, 0.4) is 0 Å². The molecule has 0 atom stereocenters. The van der Waals surface area contributed by atoms with Gasteiger partial charge in [0, 0.05) is 13.1 Å². The van der Waals surface area contributed by atoms with Crippen LogP contribution < -0.4 is 10.6 Å². The first-order valence-corrected chi connectivity index (χ1v) is 9.43. The van der Waals surface area contributed by atoms with E-state index in [1.165, 1.54) is 7.11 Å². The number of carbonyl (C=O) groups is 3. The van der Waals surface area contributed by atoms with Gasteiger partial charge < -0.3 is 19.9 Å². The van der Waals surface area contributed by atoms with Gasteiger partial charge in [-0.05, 0) is 37.8 Å². The van der Waals surface area contributed by atoms with E-state index in [1.807, 2.05) is 11.5 Å². The van der Waals surface area contributed by atoms with E-state index in [0.717, 1.165) is 25.0 Å². The third kappa shape index (κ3) is 3.90. The van der Waals surface area contributed by atoms with Gasteiger partial charge in [-0.2, -0.15) is 0 Å². The zero-order valence-electron chi connectivity index (χ0n) is 16.1. The molecule has 8 nitrogen and oxygen atoms in total. The molecule has 0 bridgehead atoms.